The maximum atomic E-state index is 12.9. The minimum atomic E-state index is -4.54. The van der Waals surface area contributed by atoms with Crippen LogP contribution < -0.4 is 14.2 Å². The molecule has 2 aromatic rings. The number of alkyl halides is 3. The van der Waals surface area contributed by atoms with Crippen LogP contribution in [0, 0.1) is 0 Å². The summed E-state index contributed by atoms with van der Waals surface area (Å²) in [7, 11) is 2.71. The van der Waals surface area contributed by atoms with E-state index in [0.717, 1.165) is 6.07 Å². The van der Waals surface area contributed by atoms with E-state index >= 15 is 0 Å². The van der Waals surface area contributed by atoms with Gasteiger partial charge in [0.2, 0.25) is 11.8 Å². The lowest BCUT2D eigenvalue weighted by atomic mass is 10.2. The van der Waals surface area contributed by atoms with Gasteiger partial charge in [-0.15, -0.1) is 0 Å². The van der Waals surface area contributed by atoms with Crippen molar-refractivity contribution >= 4 is 0 Å². The number of ether oxygens (including phenoxy) is 3. The second-order valence-electron chi connectivity index (χ2n) is 3.83. The Labute approximate surface area is 118 Å². The monoisotopic (exact) mass is 300 g/mol. The fourth-order valence-electron chi connectivity index (χ4n) is 1.53. The number of methoxy groups -OCH3 is 2. The SMILES string of the molecule is COc1cc(OC)nc(Oc2ccccc2C(F)(F)F)n1. The zero-order chi connectivity index (χ0) is 15.5. The van der Waals surface area contributed by atoms with Gasteiger partial charge >= 0.3 is 12.2 Å². The van der Waals surface area contributed by atoms with Crippen LogP contribution in [0.3, 0.4) is 0 Å². The van der Waals surface area contributed by atoms with Gasteiger partial charge in [-0.1, -0.05) is 12.1 Å². The summed E-state index contributed by atoms with van der Waals surface area (Å²) in [6.45, 7) is 0. The molecule has 0 amide bonds. The third-order valence-corrected chi connectivity index (χ3v) is 2.47. The molecule has 1 aromatic heterocycles. The Hall–Kier alpha value is -2.51. The Kier molecular flexibility index (Phi) is 4.15. The van der Waals surface area contributed by atoms with Crippen LogP contribution in [0.5, 0.6) is 23.5 Å². The van der Waals surface area contributed by atoms with Gasteiger partial charge in [0.05, 0.1) is 25.8 Å². The highest BCUT2D eigenvalue weighted by Gasteiger charge is 2.34. The van der Waals surface area contributed by atoms with Crippen molar-refractivity contribution in [3.8, 4) is 23.5 Å². The first-order chi connectivity index (χ1) is 9.94. The normalized spacial score (nSPS) is 11.1. The van der Waals surface area contributed by atoms with E-state index in [0.29, 0.717) is 0 Å². The third-order valence-electron chi connectivity index (χ3n) is 2.47. The van der Waals surface area contributed by atoms with Gasteiger partial charge < -0.3 is 14.2 Å². The molecule has 112 valence electrons. The maximum absolute atomic E-state index is 12.9. The molecule has 0 bridgehead atoms. The maximum Gasteiger partial charge on any atom is 0.419 e. The van der Waals surface area contributed by atoms with Crippen molar-refractivity contribution < 1.29 is 27.4 Å². The minimum absolute atomic E-state index is 0.112. The molecule has 2 rings (SSSR count). The van der Waals surface area contributed by atoms with Crippen LogP contribution in [-0.2, 0) is 6.18 Å². The highest BCUT2D eigenvalue weighted by molar-refractivity contribution is 5.37. The van der Waals surface area contributed by atoms with Crippen LogP contribution in [0.15, 0.2) is 30.3 Å². The van der Waals surface area contributed by atoms with Crippen molar-refractivity contribution in [3.63, 3.8) is 0 Å². The number of para-hydroxylation sites is 1. The highest BCUT2D eigenvalue weighted by atomic mass is 19.4. The molecule has 21 heavy (non-hydrogen) atoms. The molecule has 0 atom stereocenters. The van der Waals surface area contributed by atoms with Crippen molar-refractivity contribution in [2.45, 2.75) is 6.18 Å². The van der Waals surface area contributed by atoms with Crippen molar-refractivity contribution in [2.75, 3.05) is 14.2 Å². The zero-order valence-corrected chi connectivity index (χ0v) is 11.1. The minimum Gasteiger partial charge on any atom is -0.481 e. The van der Waals surface area contributed by atoms with Crippen LogP contribution in [0.1, 0.15) is 5.56 Å². The Morgan fingerprint density at radius 1 is 0.952 bits per heavy atom. The number of benzene rings is 1. The Morgan fingerprint density at radius 3 is 2.05 bits per heavy atom. The summed E-state index contributed by atoms with van der Waals surface area (Å²) >= 11 is 0. The number of halogens is 3. The summed E-state index contributed by atoms with van der Waals surface area (Å²) in [6.07, 6.45) is -4.54. The number of nitrogens with zero attached hydrogens (tertiary/aromatic N) is 2. The van der Waals surface area contributed by atoms with Gasteiger partial charge in [-0.3, -0.25) is 0 Å². The van der Waals surface area contributed by atoms with Crippen LogP contribution in [0.4, 0.5) is 13.2 Å². The first kappa shape index (κ1) is 14.9. The Morgan fingerprint density at radius 2 is 1.52 bits per heavy atom. The molecule has 0 radical (unpaired) electrons. The van der Waals surface area contributed by atoms with Gasteiger partial charge in [-0.05, 0) is 12.1 Å². The number of hydrogen-bond donors (Lipinski definition) is 0. The average molecular weight is 300 g/mol. The summed E-state index contributed by atoms with van der Waals surface area (Å²) < 4.78 is 53.5. The quantitative estimate of drug-likeness (QED) is 0.867. The van der Waals surface area contributed by atoms with Gasteiger partial charge in [0, 0.05) is 0 Å². The van der Waals surface area contributed by atoms with E-state index in [2.05, 4.69) is 9.97 Å². The third kappa shape index (κ3) is 3.53. The van der Waals surface area contributed by atoms with Gasteiger partial charge in [0.1, 0.15) is 5.75 Å². The predicted molar refractivity (Wildman–Crippen MR) is 66.7 cm³/mol. The molecule has 0 aliphatic carbocycles. The molecule has 1 heterocycles. The number of rotatable bonds is 4. The molecule has 0 saturated heterocycles. The molecule has 0 unspecified atom stereocenters. The molecular weight excluding hydrogens is 289 g/mol. The van der Waals surface area contributed by atoms with Crippen molar-refractivity contribution in [1.82, 2.24) is 9.97 Å². The lowest BCUT2D eigenvalue weighted by molar-refractivity contribution is -0.138. The van der Waals surface area contributed by atoms with Crippen molar-refractivity contribution in [1.29, 1.82) is 0 Å². The lowest BCUT2D eigenvalue weighted by Gasteiger charge is -2.13. The standard InChI is InChI=1S/C13H11F3N2O3/c1-19-10-7-11(20-2)18-12(17-10)21-9-6-4-3-5-8(9)13(14,15)16/h3-7H,1-2H3. The fraction of sp³-hybridized carbons (Fsp3) is 0.231. The molecular formula is C13H11F3N2O3. The van der Waals surface area contributed by atoms with E-state index in [1.807, 2.05) is 0 Å². The second-order valence-corrected chi connectivity index (χ2v) is 3.83. The van der Waals surface area contributed by atoms with Crippen LogP contribution >= 0.6 is 0 Å². The van der Waals surface area contributed by atoms with Gasteiger partial charge in [0.25, 0.3) is 0 Å². The topological polar surface area (TPSA) is 53.5 Å². The zero-order valence-electron chi connectivity index (χ0n) is 11.1. The van der Waals surface area contributed by atoms with E-state index in [9.17, 15) is 13.2 Å². The van der Waals surface area contributed by atoms with E-state index in [1.165, 1.54) is 38.5 Å². The summed E-state index contributed by atoms with van der Waals surface area (Å²) in [5.74, 6) is -0.178. The molecule has 5 nitrogen and oxygen atoms in total. The second kappa shape index (κ2) is 5.86. The molecule has 8 heteroatoms. The summed E-state index contributed by atoms with van der Waals surface area (Å²) in [5, 5.41) is 0. The van der Waals surface area contributed by atoms with E-state index < -0.39 is 17.5 Å². The van der Waals surface area contributed by atoms with Crippen molar-refractivity contribution in [2.24, 2.45) is 0 Å². The van der Waals surface area contributed by atoms with E-state index in [4.69, 9.17) is 14.2 Å². The molecule has 0 fully saturated rings. The molecule has 0 aliphatic heterocycles. The molecule has 0 spiro atoms. The van der Waals surface area contributed by atoms with Crippen LogP contribution in [0.2, 0.25) is 0 Å². The Bertz CT molecular complexity index is 610. The van der Waals surface area contributed by atoms with Gasteiger partial charge in [-0.25, -0.2) is 0 Å². The van der Waals surface area contributed by atoms with E-state index in [-0.39, 0.29) is 17.8 Å². The highest BCUT2D eigenvalue weighted by Crippen LogP contribution is 2.37. The first-order valence-electron chi connectivity index (χ1n) is 5.75. The largest absolute Gasteiger partial charge is 0.481 e. The number of aromatic nitrogens is 2. The van der Waals surface area contributed by atoms with Gasteiger partial charge in [0.15, 0.2) is 0 Å². The smallest absolute Gasteiger partial charge is 0.419 e. The summed E-state index contributed by atoms with van der Waals surface area (Å²) in [5.41, 5.74) is -0.921. The van der Waals surface area contributed by atoms with Crippen LogP contribution in [-0.4, -0.2) is 24.2 Å². The molecule has 0 N–H and O–H groups in total. The molecule has 0 saturated carbocycles. The van der Waals surface area contributed by atoms with E-state index in [1.54, 1.807) is 0 Å². The van der Waals surface area contributed by atoms with Gasteiger partial charge in [-0.2, -0.15) is 23.1 Å². The van der Waals surface area contributed by atoms with Crippen molar-refractivity contribution in [3.05, 3.63) is 35.9 Å². The Balaban J connectivity index is 2.39. The predicted octanol–water partition coefficient (Wildman–Crippen LogP) is 3.30. The summed E-state index contributed by atoms with van der Waals surface area (Å²) in [6, 6.07) is 5.85. The first-order valence-corrected chi connectivity index (χ1v) is 5.75. The summed E-state index contributed by atoms with van der Waals surface area (Å²) in [4.78, 5) is 7.63. The van der Waals surface area contributed by atoms with Crippen LogP contribution in [0.25, 0.3) is 0 Å². The number of hydrogen-bond acceptors (Lipinski definition) is 5. The average Bonchev–Trinajstić information content (AvgIpc) is 2.46. The fourth-order valence-corrected chi connectivity index (χ4v) is 1.53. The lowest BCUT2D eigenvalue weighted by Crippen LogP contribution is -2.07. The molecule has 1 aromatic carbocycles. The molecule has 0 aliphatic rings.